The highest BCUT2D eigenvalue weighted by Gasteiger charge is 2.02. The van der Waals surface area contributed by atoms with Crippen molar-refractivity contribution in [1.82, 2.24) is 4.98 Å². The molecule has 0 bridgehead atoms. The van der Waals surface area contributed by atoms with Gasteiger partial charge in [-0.05, 0) is 18.2 Å². The maximum atomic E-state index is 8.95. The van der Waals surface area contributed by atoms with Crippen LogP contribution in [0.25, 0.3) is 0 Å². The fourth-order valence-corrected chi connectivity index (χ4v) is 1.53. The van der Waals surface area contributed by atoms with E-state index in [-0.39, 0.29) is 0 Å². The summed E-state index contributed by atoms with van der Waals surface area (Å²) in [5.41, 5.74) is 7.78. The smallest absolute Gasteiger partial charge is 0.138 e. The van der Waals surface area contributed by atoms with E-state index in [0.717, 1.165) is 11.3 Å². The number of pyridine rings is 1. The number of nitriles is 1. The van der Waals surface area contributed by atoms with Crippen LogP contribution in [0.15, 0.2) is 42.6 Å². The lowest BCUT2D eigenvalue weighted by Gasteiger charge is -2.07. The van der Waals surface area contributed by atoms with Gasteiger partial charge < -0.3 is 10.5 Å². The van der Waals surface area contributed by atoms with Crippen LogP contribution in [0.2, 0.25) is 0 Å². The number of nitrogens with zero attached hydrogens (tertiary/aromatic N) is 2. The Morgan fingerprint density at radius 2 is 2.06 bits per heavy atom. The summed E-state index contributed by atoms with van der Waals surface area (Å²) in [6, 6.07) is 13.2. The van der Waals surface area contributed by atoms with Gasteiger partial charge in [-0.2, -0.15) is 5.26 Å². The van der Waals surface area contributed by atoms with Gasteiger partial charge in [0.25, 0.3) is 0 Å². The number of hydrogen-bond donors (Lipinski definition) is 1. The quantitative estimate of drug-likeness (QED) is 0.885. The number of ether oxygens (including phenoxy) is 1. The third-order valence-electron chi connectivity index (χ3n) is 2.54. The largest absolute Gasteiger partial charge is 0.487 e. The van der Waals surface area contributed by atoms with E-state index in [1.165, 1.54) is 0 Å². The van der Waals surface area contributed by atoms with E-state index in [2.05, 4.69) is 11.1 Å². The fraction of sp³-hybridized carbons (Fsp3) is 0.143. The van der Waals surface area contributed by atoms with Crippen LogP contribution >= 0.6 is 0 Å². The molecule has 0 saturated heterocycles. The van der Waals surface area contributed by atoms with Crippen LogP contribution in [-0.2, 0) is 13.2 Å². The summed E-state index contributed by atoms with van der Waals surface area (Å²) in [4.78, 5) is 4.14. The van der Waals surface area contributed by atoms with Gasteiger partial charge >= 0.3 is 0 Å². The second kappa shape index (κ2) is 5.80. The molecule has 0 amide bonds. The minimum atomic E-state index is 0.355. The van der Waals surface area contributed by atoms with Crippen molar-refractivity contribution in [3.05, 3.63) is 59.4 Å². The lowest BCUT2D eigenvalue weighted by molar-refractivity contribution is 0.304. The molecule has 0 aliphatic rings. The Morgan fingerprint density at radius 1 is 1.22 bits per heavy atom. The summed E-state index contributed by atoms with van der Waals surface area (Å²) in [6.45, 7) is 0.769. The maximum Gasteiger partial charge on any atom is 0.138 e. The van der Waals surface area contributed by atoms with Gasteiger partial charge in [0, 0.05) is 12.1 Å². The Kier molecular flexibility index (Phi) is 3.90. The maximum absolute atomic E-state index is 8.95. The number of nitrogens with two attached hydrogens (primary N) is 1. The third-order valence-corrected chi connectivity index (χ3v) is 2.54. The number of rotatable bonds is 4. The van der Waals surface area contributed by atoms with Gasteiger partial charge in [-0.25, -0.2) is 0 Å². The molecule has 90 valence electrons. The molecular weight excluding hydrogens is 226 g/mol. The zero-order chi connectivity index (χ0) is 12.8. The summed E-state index contributed by atoms with van der Waals surface area (Å²) in [5, 5.41) is 8.95. The van der Waals surface area contributed by atoms with Crippen molar-refractivity contribution in [1.29, 1.82) is 5.26 Å². The Labute approximate surface area is 106 Å². The molecule has 2 N–H and O–H groups in total. The third kappa shape index (κ3) is 2.84. The second-order valence-electron chi connectivity index (χ2n) is 3.75. The van der Waals surface area contributed by atoms with Gasteiger partial charge in [0.1, 0.15) is 12.4 Å². The zero-order valence-corrected chi connectivity index (χ0v) is 9.84. The molecule has 18 heavy (non-hydrogen) atoms. The van der Waals surface area contributed by atoms with E-state index >= 15 is 0 Å². The minimum Gasteiger partial charge on any atom is -0.487 e. The van der Waals surface area contributed by atoms with E-state index in [0.29, 0.717) is 24.5 Å². The van der Waals surface area contributed by atoms with E-state index < -0.39 is 0 Å². The van der Waals surface area contributed by atoms with Crippen LogP contribution in [0.4, 0.5) is 0 Å². The first kappa shape index (κ1) is 12.1. The number of aromatic nitrogens is 1. The van der Waals surface area contributed by atoms with Gasteiger partial charge in [-0.3, -0.25) is 4.98 Å². The first-order valence-electron chi connectivity index (χ1n) is 5.59. The summed E-state index contributed by atoms with van der Waals surface area (Å²) in [7, 11) is 0. The van der Waals surface area contributed by atoms with Crippen LogP contribution in [0, 0.1) is 11.3 Å². The van der Waals surface area contributed by atoms with Crippen molar-refractivity contribution in [2.45, 2.75) is 13.2 Å². The highest BCUT2D eigenvalue weighted by atomic mass is 16.5. The van der Waals surface area contributed by atoms with E-state index in [1.54, 1.807) is 12.3 Å². The van der Waals surface area contributed by atoms with Gasteiger partial charge in [0.2, 0.25) is 0 Å². The number of benzene rings is 1. The number of hydrogen-bond acceptors (Lipinski definition) is 4. The average molecular weight is 239 g/mol. The van der Waals surface area contributed by atoms with Crippen LogP contribution in [0.3, 0.4) is 0 Å². The summed E-state index contributed by atoms with van der Waals surface area (Å²) in [6.07, 6.45) is 1.64. The topological polar surface area (TPSA) is 71.9 Å². The van der Waals surface area contributed by atoms with Crippen LogP contribution in [0.1, 0.15) is 16.8 Å². The normalized spacial score (nSPS) is 9.78. The molecule has 0 aliphatic heterocycles. The van der Waals surface area contributed by atoms with Crippen LogP contribution in [0.5, 0.6) is 5.75 Å². The van der Waals surface area contributed by atoms with Crippen molar-refractivity contribution in [3.8, 4) is 11.8 Å². The predicted octanol–water partition coefficient (Wildman–Crippen LogP) is 1.99. The molecule has 1 aromatic carbocycles. The Morgan fingerprint density at radius 3 is 2.72 bits per heavy atom. The molecule has 1 heterocycles. The van der Waals surface area contributed by atoms with Gasteiger partial charge in [0.05, 0.1) is 23.5 Å². The van der Waals surface area contributed by atoms with E-state index in [1.807, 2.05) is 30.3 Å². The zero-order valence-electron chi connectivity index (χ0n) is 9.84. The Bertz CT molecular complexity index is 558. The van der Waals surface area contributed by atoms with Crippen molar-refractivity contribution in [2.75, 3.05) is 0 Å². The molecule has 0 fully saturated rings. The monoisotopic (exact) mass is 239 g/mol. The molecule has 2 aromatic rings. The van der Waals surface area contributed by atoms with Crippen molar-refractivity contribution in [2.24, 2.45) is 5.73 Å². The molecule has 4 nitrogen and oxygen atoms in total. The Hall–Kier alpha value is -2.38. The van der Waals surface area contributed by atoms with Crippen LogP contribution < -0.4 is 10.5 Å². The first-order valence-corrected chi connectivity index (χ1v) is 5.59. The van der Waals surface area contributed by atoms with Gasteiger partial charge in [-0.1, -0.05) is 18.2 Å². The molecule has 0 aliphatic carbocycles. The second-order valence-corrected chi connectivity index (χ2v) is 3.75. The molecule has 0 saturated carbocycles. The summed E-state index contributed by atoms with van der Waals surface area (Å²) >= 11 is 0. The molecule has 0 unspecified atom stereocenters. The SMILES string of the molecule is N#Cc1ccccc1COc1ccc(CN)nc1. The van der Waals surface area contributed by atoms with Gasteiger partial charge in [-0.15, -0.1) is 0 Å². The molecule has 0 spiro atoms. The molecule has 1 aromatic heterocycles. The average Bonchev–Trinajstić information content (AvgIpc) is 2.46. The highest BCUT2D eigenvalue weighted by Crippen LogP contribution is 2.14. The van der Waals surface area contributed by atoms with E-state index in [4.69, 9.17) is 15.7 Å². The molecule has 2 rings (SSSR count). The standard InChI is InChI=1S/C14H13N3O/c15-7-11-3-1-2-4-12(11)10-18-14-6-5-13(8-16)17-9-14/h1-6,9H,8,10,16H2. The van der Waals surface area contributed by atoms with E-state index in [9.17, 15) is 0 Å². The molecule has 0 atom stereocenters. The predicted molar refractivity (Wildman–Crippen MR) is 67.6 cm³/mol. The summed E-state index contributed by atoms with van der Waals surface area (Å²) in [5.74, 6) is 0.667. The van der Waals surface area contributed by atoms with Crippen molar-refractivity contribution >= 4 is 0 Å². The lowest BCUT2D eigenvalue weighted by atomic mass is 10.1. The van der Waals surface area contributed by atoms with Gasteiger partial charge in [0.15, 0.2) is 0 Å². The summed E-state index contributed by atoms with van der Waals surface area (Å²) < 4.78 is 5.58. The minimum absolute atomic E-state index is 0.355. The highest BCUT2D eigenvalue weighted by molar-refractivity contribution is 5.37. The molecule has 0 radical (unpaired) electrons. The first-order chi connectivity index (χ1) is 8.83. The van der Waals surface area contributed by atoms with Crippen molar-refractivity contribution in [3.63, 3.8) is 0 Å². The Balaban J connectivity index is 2.05. The molecular formula is C14H13N3O. The van der Waals surface area contributed by atoms with Crippen molar-refractivity contribution < 1.29 is 4.74 Å². The fourth-order valence-electron chi connectivity index (χ4n) is 1.53. The van der Waals surface area contributed by atoms with Crippen LogP contribution in [-0.4, -0.2) is 4.98 Å². The lowest BCUT2D eigenvalue weighted by Crippen LogP contribution is -2.01. The molecule has 4 heteroatoms.